The first-order valence-electron chi connectivity index (χ1n) is 9.90. The van der Waals surface area contributed by atoms with Gasteiger partial charge in [0.15, 0.2) is 0 Å². The highest BCUT2D eigenvalue weighted by molar-refractivity contribution is 6.34. The maximum atomic E-state index is 13.0. The molecule has 0 atom stereocenters. The van der Waals surface area contributed by atoms with Gasteiger partial charge < -0.3 is 10.1 Å². The van der Waals surface area contributed by atoms with Gasteiger partial charge >= 0.3 is 6.18 Å². The van der Waals surface area contributed by atoms with Crippen molar-refractivity contribution in [3.05, 3.63) is 95.0 Å². The van der Waals surface area contributed by atoms with Crippen molar-refractivity contribution in [3.8, 4) is 22.9 Å². The molecule has 172 valence electrons. The molecule has 0 unspecified atom stereocenters. The van der Waals surface area contributed by atoms with Crippen molar-refractivity contribution < 1.29 is 22.7 Å². The second-order valence-corrected chi connectivity index (χ2v) is 7.59. The molecule has 1 N–H and O–H groups in total. The molecule has 0 aliphatic rings. The zero-order valence-electron chi connectivity index (χ0n) is 17.6. The minimum Gasteiger partial charge on any atom is -0.438 e. The van der Waals surface area contributed by atoms with Crippen LogP contribution in [-0.4, -0.2) is 20.9 Å². The fourth-order valence-corrected chi connectivity index (χ4v) is 3.29. The first-order valence-corrected chi connectivity index (χ1v) is 10.3. The van der Waals surface area contributed by atoms with Crippen molar-refractivity contribution in [2.24, 2.45) is 0 Å². The molecular weight excluding hydrogens is 469 g/mol. The Labute approximate surface area is 197 Å². The van der Waals surface area contributed by atoms with Gasteiger partial charge in [0.05, 0.1) is 27.4 Å². The lowest BCUT2D eigenvalue weighted by Crippen LogP contribution is -2.14. The molecular formula is C24H16ClF3N4O2. The van der Waals surface area contributed by atoms with Crippen LogP contribution in [0.25, 0.3) is 11.3 Å². The summed E-state index contributed by atoms with van der Waals surface area (Å²) < 4.78 is 45.1. The Morgan fingerprint density at radius 1 is 1.03 bits per heavy atom. The third kappa shape index (κ3) is 5.15. The van der Waals surface area contributed by atoms with E-state index < -0.39 is 17.6 Å². The van der Waals surface area contributed by atoms with E-state index >= 15 is 0 Å². The predicted molar refractivity (Wildman–Crippen MR) is 121 cm³/mol. The molecule has 6 nitrogen and oxygen atoms in total. The molecule has 1 amide bonds. The number of aromatic nitrogens is 3. The van der Waals surface area contributed by atoms with Gasteiger partial charge in [-0.3, -0.25) is 4.79 Å². The molecule has 0 aliphatic heterocycles. The van der Waals surface area contributed by atoms with Gasteiger partial charge in [-0.05, 0) is 55.0 Å². The van der Waals surface area contributed by atoms with Crippen molar-refractivity contribution in [1.29, 1.82) is 0 Å². The molecule has 2 aromatic heterocycles. The van der Waals surface area contributed by atoms with Gasteiger partial charge in [-0.25, -0.2) is 15.0 Å². The number of nitrogens with zero attached hydrogens (tertiary/aromatic N) is 3. The van der Waals surface area contributed by atoms with Crippen molar-refractivity contribution in [2.75, 3.05) is 5.32 Å². The molecule has 0 bridgehead atoms. The fourth-order valence-electron chi connectivity index (χ4n) is 3.08. The molecule has 0 saturated carbocycles. The third-order valence-corrected chi connectivity index (χ3v) is 5.15. The Hall–Kier alpha value is -3.98. The van der Waals surface area contributed by atoms with E-state index in [9.17, 15) is 18.0 Å². The molecule has 4 aromatic rings. The van der Waals surface area contributed by atoms with E-state index in [1.807, 2.05) is 0 Å². The lowest BCUT2D eigenvalue weighted by Gasteiger charge is -2.14. The lowest BCUT2D eigenvalue weighted by atomic mass is 10.1. The Morgan fingerprint density at radius 2 is 1.85 bits per heavy atom. The van der Waals surface area contributed by atoms with E-state index in [1.54, 1.807) is 55.7 Å². The van der Waals surface area contributed by atoms with Crippen LogP contribution in [0.4, 0.5) is 18.9 Å². The lowest BCUT2D eigenvalue weighted by molar-refractivity contribution is -0.137. The topological polar surface area (TPSA) is 77.0 Å². The molecule has 0 fully saturated rings. The van der Waals surface area contributed by atoms with E-state index in [2.05, 4.69) is 20.3 Å². The van der Waals surface area contributed by atoms with Crippen molar-refractivity contribution in [2.45, 2.75) is 13.1 Å². The number of aryl methyl sites for hydroxylation is 1. The van der Waals surface area contributed by atoms with Crippen LogP contribution >= 0.6 is 11.6 Å². The van der Waals surface area contributed by atoms with Crippen LogP contribution in [0, 0.1) is 6.92 Å². The van der Waals surface area contributed by atoms with Crippen molar-refractivity contribution in [1.82, 2.24) is 15.0 Å². The van der Waals surface area contributed by atoms with Gasteiger partial charge in [0.25, 0.3) is 5.91 Å². The smallest absolute Gasteiger partial charge is 0.416 e. The molecule has 0 saturated heterocycles. The molecule has 4 rings (SSSR count). The molecule has 2 aromatic carbocycles. The number of halogens is 4. The van der Waals surface area contributed by atoms with E-state index in [-0.39, 0.29) is 16.5 Å². The SMILES string of the molecule is Cc1ccc(NC(=O)c2cc(C(F)(F)F)ccc2Cl)cc1Oc1ncccc1-c1ccncn1. The van der Waals surface area contributed by atoms with Crippen LogP contribution in [0.2, 0.25) is 5.02 Å². The zero-order chi connectivity index (χ0) is 24.3. The van der Waals surface area contributed by atoms with Gasteiger partial charge in [0.1, 0.15) is 12.1 Å². The quantitative estimate of drug-likeness (QED) is 0.347. The first-order chi connectivity index (χ1) is 16.2. The average Bonchev–Trinajstić information content (AvgIpc) is 2.81. The highest BCUT2D eigenvalue weighted by atomic mass is 35.5. The maximum absolute atomic E-state index is 13.0. The number of anilines is 1. The van der Waals surface area contributed by atoms with Crippen LogP contribution in [0.15, 0.2) is 73.3 Å². The number of carbonyl (C=O) groups excluding carboxylic acids is 1. The number of hydrogen-bond acceptors (Lipinski definition) is 5. The van der Waals surface area contributed by atoms with Crippen molar-refractivity contribution in [3.63, 3.8) is 0 Å². The summed E-state index contributed by atoms with van der Waals surface area (Å²) in [5, 5.41) is 2.47. The molecule has 0 aliphatic carbocycles. The van der Waals surface area contributed by atoms with E-state index in [1.165, 1.54) is 6.33 Å². The molecule has 2 heterocycles. The first kappa shape index (κ1) is 23.2. The number of alkyl halides is 3. The number of amides is 1. The molecule has 34 heavy (non-hydrogen) atoms. The number of rotatable bonds is 5. The monoisotopic (exact) mass is 484 g/mol. The molecule has 10 heteroatoms. The van der Waals surface area contributed by atoms with Gasteiger partial charge in [-0.2, -0.15) is 13.2 Å². The summed E-state index contributed by atoms with van der Waals surface area (Å²) >= 11 is 5.98. The standard InChI is InChI=1S/C24H16ClF3N4O2/c1-14-4-6-16(32-22(33)18-11-15(24(26,27)28)5-7-19(18)25)12-21(14)34-23-17(3-2-9-30-23)20-8-10-29-13-31-20/h2-13H,1H3,(H,32,33). The zero-order valence-corrected chi connectivity index (χ0v) is 18.4. The number of benzene rings is 2. The second-order valence-electron chi connectivity index (χ2n) is 7.18. The number of hydrogen-bond donors (Lipinski definition) is 1. The van der Waals surface area contributed by atoms with Crippen LogP contribution < -0.4 is 10.1 Å². The summed E-state index contributed by atoms with van der Waals surface area (Å²) in [5.41, 5.74) is 1.03. The fraction of sp³-hybridized carbons (Fsp3) is 0.0833. The Balaban J connectivity index is 1.61. The Kier molecular flexibility index (Phi) is 6.47. The van der Waals surface area contributed by atoms with Gasteiger partial charge in [-0.1, -0.05) is 17.7 Å². The number of pyridine rings is 1. The van der Waals surface area contributed by atoms with Gasteiger partial charge in [0.2, 0.25) is 5.88 Å². The van der Waals surface area contributed by atoms with E-state index in [0.29, 0.717) is 28.8 Å². The Bertz CT molecular complexity index is 1350. The highest BCUT2D eigenvalue weighted by Crippen LogP contribution is 2.34. The van der Waals surface area contributed by atoms with E-state index in [0.717, 1.165) is 17.7 Å². The highest BCUT2D eigenvalue weighted by Gasteiger charge is 2.31. The number of carbonyl (C=O) groups is 1. The van der Waals surface area contributed by atoms with Crippen molar-refractivity contribution >= 4 is 23.2 Å². The Morgan fingerprint density at radius 3 is 2.59 bits per heavy atom. The summed E-state index contributed by atoms with van der Waals surface area (Å²) in [5.74, 6) is -0.110. The minimum absolute atomic E-state index is 0.0999. The van der Waals surface area contributed by atoms with Crippen LogP contribution in [0.3, 0.4) is 0 Å². The molecule has 0 radical (unpaired) electrons. The molecule has 0 spiro atoms. The summed E-state index contributed by atoms with van der Waals surface area (Å²) in [7, 11) is 0. The minimum atomic E-state index is -4.60. The van der Waals surface area contributed by atoms with Gasteiger partial charge in [-0.15, -0.1) is 0 Å². The van der Waals surface area contributed by atoms with Crippen LogP contribution in [-0.2, 0) is 6.18 Å². The second kappa shape index (κ2) is 9.48. The number of ether oxygens (including phenoxy) is 1. The van der Waals surface area contributed by atoms with Crippen LogP contribution in [0.1, 0.15) is 21.5 Å². The number of nitrogens with one attached hydrogen (secondary N) is 1. The summed E-state index contributed by atoms with van der Waals surface area (Å²) in [6, 6.07) is 12.7. The van der Waals surface area contributed by atoms with Crippen LogP contribution in [0.5, 0.6) is 11.6 Å². The summed E-state index contributed by atoms with van der Waals surface area (Å²) in [6.07, 6.45) is -0.0307. The van der Waals surface area contributed by atoms with E-state index in [4.69, 9.17) is 16.3 Å². The predicted octanol–water partition coefficient (Wildman–Crippen LogP) is 6.56. The summed E-state index contributed by atoms with van der Waals surface area (Å²) in [4.78, 5) is 25.1. The van der Waals surface area contributed by atoms with Gasteiger partial charge in [0, 0.05) is 24.1 Å². The summed E-state index contributed by atoms with van der Waals surface area (Å²) in [6.45, 7) is 1.80. The third-order valence-electron chi connectivity index (χ3n) is 4.82. The normalized spacial score (nSPS) is 11.2. The average molecular weight is 485 g/mol. The largest absolute Gasteiger partial charge is 0.438 e. The maximum Gasteiger partial charge on any atom is 0.416 e.